The minimum Gasteiger partial charge on any atom is -0.378 e. The summed E-state index contributed by atoms with van der Waals surface area (Å²) in [5.74, 6) is 1.32. The van der Waals surface area contributed by atoms with E-state index in [1.54, 1.807) is 0 Å². The first kappa shape index (κ1) is 16.2. The number of piperazine rings is 1. The molecular weight excluding hydrogens is 258 g/mol. The fourth-order valence-corrected chi connectivity index (χ4v) is 3.08. The molecule has 1 aliphatic heterocycles. The number of nitrogens with one attached hydrogen (secondary N) is 1. The third-order valence-corrected chi connectivity index (χ3v) is 4.65. The fourth-order valence-electron chi connectivity index (χ4n) is 3.08. The highest BCUT2D eigenvalue weighted by Crippen LogP contribution is 2.27. The van der Waals surface area contributed by atoms with Crippen molar-refractivity contribution in [1.82, 2.24) is 5.32 Å². The van der Waals surface area contributed by atoms with Crippen molar-refractivity contribution in [3.63, 3.8) is 0 Å². The molecule has 1 saturated heterocycles. The van der Waals surface area contributed by atoms with Gasteiger partial charge in [0.15, 0.2) is 0 Å². The van der Waals surface area contributed by atoms with Crippen LogP contribution in [0, 0.1) is 11.8 Å². The van der Waals surface area contributed by atoms with Crippen molar-refractivity contribution in [2.24, 2.45) is 11.8 Å². The van der Waals surface area contributed by atoms with Crippen LogP contribution in [-0.2, 0) is 0 Å². The molecule has 3 heteroatoms. The summed E-state index contributed by atoms with van der Waals surface area (Å²) < 4.78 is 0. The van der Waals surface area contributed by atoms with Crippen molar-refractivity contribution in [2.45, 2.75) is 39.8 Å². The maximum atomic E-state index is 3.73. The van der Waals surface area contributed by atoms with Crippen molar-refractivity contribution < 1.29 is 0 Å². The van der Waals surface area contributed by atoms with Crippen molar-refractivity contribution >= 4 is 11.4 Å². The first-order valence-electron chi connectivity index (χ1n) is 8.17. The Kier molecular flexibility index (Phi) is 5.15. The molecule has 1 aliphatic rings. The normalized spacial score (nSPS) is 23.0. The maximum absolute atomic E-state index is 3.73. The van der Waals surface area contributed by atoms with Crippen LogP contribution < -0.4 is 15.1 Å². The van der Waals surface area contributed by atoms with Gasteiger partial charge in [0.05, 0.1) is 0 Å². The van der Waals surface area contributed by atoms with Gasteiger partial charge in [0.1, 0.15) is 0 Å². The Morgan fingerprint density at radius 1 is 1.05 bits per heavy atom. The molecule has 2 rings (SSSR count). The van der Waals surface area contributed by atoms with Gasteiger partial charge in [-0.3, -0.25) is 0 Å². The number of anilines is 2. The topological polar surface area (TPSA) is 18.5 Å². The van der Waals surface area contributed by atoms with Crippen LogP contribution in [0.25, 0.3) is 0 Å². The van der Waals surface area contributed by atoms with Crippen LogP contribution in [0.2, 0.25) is 0 Å². The van der Waals surface area contributed by atoms with Gasteiger partial charge in [-0.1, -0.05) is 27.7 Å². The largest absolute Gasteiger partial charge is 0.378 e. The van der Waals surface area contributed by atoms with Gasteiger partial charge in [0, 0.05) is 50.6 Å². The lowest BCUT2D eigenvalue weighted by molar-refractivity contribution is 0.295. The summed E-state index contributed by atoms with van der Waals surface area (Å²) in [6.07, 6.45) is 0. The lowest BCUT2D eigenvalue weighted by atomic mass is 9.93. The third kappa shape index (κ3) is 3.70. The molecule has 0 radical (unpaired) electrons. The molecule has 21 heavy (non-hydrogen) atoms. The molecule has 1 heterocycles. The predicted molar refractivity (Wildman–Crippen MR) is 93.4 cm³/mol. The SMILES string of the molecule is CC(C)C1CN(c2ccc(N(C)C)cc2)C(C(C)C)CN1. The molecule has 0 saturated carbocycles. The van der Waals surface area contributed by atoms with Gasteiger partial charge in [-0.25, -0.2) is 0 Å². The van der Waals surface area contributed by atoms with Gasteiger partial charge in [-0.05, 0) is 36.1 Å². The zero-order valence-corrected chi connectivity index (χ0v) is 14.4. The molecule has 1 N–H and O–H groups in total. The highest BCUT2D eigenvalue weighted by molar-refractivity contribution is 5.56. The van der Waals surface area contributed by atoms with Gasteiger partial charge in [-0.2, -0.15) is 0 Å². The summed E-state index contributed by atoms with van der Waals surface area (Å²) in [4.78, 5) is 4.75. The van der Waals surface area contributed by atoms with Gasteiger partial charge in [0.25, 0.3) is 0 Å². The third-order valence-electron chi connectivity index (χ3n) is 4.65. The fraction of sp³-hybridized carbons (Fsp3) is 0.667. The number of hydrogen-bond donors (Lipinski definition) is 1. The van der Waals surface area contributed by atoms with E-state index in [2.05, 4.69) is 81.2 Å². The van der Waals surface area contributed by atoms with Gasteiger partial charge >= 0.3 is 0 Å². The number of hydrogen-bond acceptors (Lipinski definition) is 3. The van der Waals surface area contributed by atoms with E-state index in [-0.39, 0.29) is 0 Å². The van der Waals surface area contributed by atoms with Crippen molar-refractivity contribution in [3.8, 4) is 0 Å². The molecular formula is C18H31N3. The number of nitrogens with zero attached hydrogens (tertiary/aromatic N) is 2. The van der Waals surface area contributed by atoms with Crippen LogP contribution in [0.3, 0.4) is 0 Å². The van der Waals surface area contributed by atoms with Gasteiger partial charge in [0.2, 0.25) is 0 Å². The average Bonchev–Trinajstić information content (AvgIpc) is 2.46. The zero-order chi connectivity index (χ0) is 15.6. The van der Waals surface area contributed by atoms with Crippen molar-refractivity contribution in [2.75, 3.05) is 37.0 Å². The Bertz CT molecular complexity index is 436. The Morgan fingerprint density at radius 3 is 2.14 bits per heavy atom. The van der Waals surface area contributed by atoms with Crippen LogP contribution in [0.5, 0.6) is 0 Å². The van der Waals surface area contributed by atoms with Crippen molar-refractivity contribution in [3.05, 3.63) is 24.3 Å². The molecule has 1 aromatic carbocycles. The van der Waals surface area contributed by atoms with E-state index in [1.165, 1.54) is 11.4 Å². The van der Waals surface area contributed by atoms with E-state index in [0.29, 0.717) is 23.9 Å². The van der Waals surface area contributed by atoms with Crippen LogP contribution in [0.15, 0.2) is 24.3 Å². The molecule has 0 spiro atoms. The molecule has 2 unspecified atom stereocenters. The summed E-state index contributed by atoms with van der Waals surface area (Å²) in [6, 6.07) is 10.1. The minimum absolute atomic E-state index is 0.574. The van der Waals surface area contributed by atoms with Crippen molar-refractivity contribution in [1.29, 1.82) is 0 Å². The van der Waals surface area contributed by atoms with Gasteiger partial charge in [-0.15, -0.1) is 0 Å². The number of benzene rings is 1. The Hall–Kier alpha value is -1.22. The van der Waals surface area contributed by atoms with Crippen LogP contribution >= 0.6 is 0 Å². The summed E-state index contributed by atoms with van der Waals surface area (Å²) >= 11 is 0. The summed E-state index contributed by atoms with van der Waals surface area (Å²) in [6.45, 7) is 11.4. The second kappa shape index (κ2) is 6.69. The van der Waals surface area contributed by atoms with Crippen LogP contribution in [0.4, 0.5) is 11.4 Å². The summed E-state index contributed by atoms with van der Waals surface area (Å²) in [5, 5.41) is 3.73. The number of rotatable bonds is 4. The highest BCUT2D eigenvalue weighted by atomic mass is 15.2. The second-order valence-electron chi connectivity index (χ2n) is 7.13. The summed E-state index contributed by atoms with van der Waals surface area (Å²) in [5.41, 5.74) is 2.61. The van der Waals surface area contributed by atoms with E-state index >= 15 is 0 Å². The molecule has 0 bridgehead atoms. The first-order valence-corrected chi connectivity index (χ1v) is 8.17. The zero-order valence-electron chi connectivity index (χ0n) is 14.4. The Labute approximate surface area is 130 Å². The molecule has 118 valence electrons. The summed E-state index contributed by atoms with van der Waals surface area (Å²) in [7, 11) is 4.18. The average molecular weight is 289 g/mol. The Balaban J connectivity index is 2.22. The van der Waals surface area contributed by atoms with E-state index < -0.39 is 0 Å². The van der Waals surface area contributed by atoms with Crippen LogP contribution in [0.1, 0.15) is 27.7 Å². The highest BCUT2D eigenvalue weighted by Gasteiger charge is 2.31. The van der Waals surface area contributed by atoms with E-state index in [0.717, 1.165) is 13.1 Å². The standard InChI is InChI=1S/C18H31N3/c1-13(2)17-12-21(18(11-19-17)14(3)4)16-9-7-15(8-10-16)20(5)6/h7-10,13-14,17-19H,11-12H2,1-6H3. The predicted octanol–water partition coefficient (Wildman–Crippen LogP) is 3.21. The molecule has 0 aliphatic carbocycles. The van der Waals surface area contributed by atoms with Crippen LogP contribution in [-0.4, -0.2) is 39.3 Å². The molecule has 3 nitrogen and oxygen atoms in total. The van der Waals surface area contributed by atoms with E-state index in [9.17, 15) is 0 Å². The maximum Gasteiger partial charge on any atom is 0.0438 e. The molecule has 1 fully saturated rings. The van der Waals surface area contributed by atoms with Gasteiger partial charge < -0.3 is 15.1 Å². The quantitative estimate of drug-likeness (QED) is 0.918. The molecule has 2 atom stereocenters. The Morgan fingerprint density at radius 2 is 1.67 bits per heavy atom. The second-order valence-corrected chi connectivity index (χ2v) is 7.13. The smallest absolute Gasteiger partial charge is 0.0438 e. The lowest BCUT2D eigenvalue weighted by Crippen LogP contribution is -2.60. The van der Waals surface area contributed by atoms with E-state index in [4.69, 9.17) is 0 Å². The molecule has 1 aromatic rings. The molecule has 0 amide bonds. The van der Waals surface area contributed by atoms with E-state index in [1.807, 2.05) is 0 Å². The first-order chi connectivity index (χ1) is 9.90. The monoisotopic (exact) mass is 289 g/mol. The molecule has 0 aromatic heterocycles. The minimum atomic E-state index is 0.574. The lowest BCUT2D eigenvalue weighted by Gasteiger charge is -2.45.